The van der Waals surface area contributed by atoms with Crippen molar-refractivity contribution >= 4 is 7.60 Å². The molecule has 0 rings (SSSR count). The van der Waals surface area contributed by atoms with Crippen molar-refractivity contribution in [3.05, 3.63) is 0 Å². The van der Waals surface area contributed by atoms with Crippen molar-refractivity contribution < 1.29 is 53.1 Å². The van der Waals surface area contributed by atoms with Crippen LogP contribution in [0.5, 0.6) is 0 Å². The van der Waals surface area contributed by atoms with Crippen molar-refractivity contribution in [2.75, 3.05) is 20.4 Å². The Balaban J connectivity index is 5.36. The van der Waals surface area contributed by atoms with Crippen LogP contribution in [0.25, 0.3) is 0 Å². The highest BCUT2D eigenvalue weighted by Crippen LogP contribution is 2.56. The van der Waals surface area contributed by atoms with E-state index in [-0.39, 0.29) is 0 Å². The summed E-state index contributed by atoms with van der Waals surface area (Å²) in [6.07, 6.45) is -10.6. The lowest BCUT2D eigenvalue weighted by molar-refractivity contribution is -0.396. The van der Waals surface area contributed by atoms with Crippen molar-refractivity contribution in [2.45, 2.75) is 30.4 Å². The van der Waals surface area contributed by atoms with Gasteiger partial charge in [-0.05, 0) is 0 Å². The van der Waals surface area contributed by atoms with E-state index in [2.05, 4.69) is 9.05 Å². The van der Waals surface area contributed by atoms with E-state index in [4.69, 9.17) is 0 Å². The summed E-state index contributed by atoms with van der Waals surface area (Å²) >= 11 is 0. The van der Waals surface area contributed by atoms with Gasteiger partial charge in [0.1, 0.15) is 0 Å². The van der Waals surface area contributed by atoms with Gasteiger partial charge in [-0.15, -0.1) is 0 Å². The summed E-state index contributed by atoms with van der Waals surface area (Å²) in [5.41, 5.74) is 0. The molecule has 0 spiro atoms. The number of alkyl halides is 9. The van der Waals surface area contributed by atoms with Crippen molar-refractivity contribution in [1.29, 1.82) is 0 Å². The molecule has 0 N–H and O–H groups in total. The molecule has 0 aliphatic carbocycles. The monoisotopic (exact) mass is 356 g/mol. The lowest BCUT2D eigenvalue weighted by Gasteiger charge is -2.33. The standard InChI is InChI=1S/C8H10F9O3P/c1-19-21(18,20-2)4-3-5(9,10)6(11,12)7(13,14)8(15,16)17/h3-4H2,1-2H3. The minimum absolute atomic E-state index is 0.699. The smallest absolute Gasteiger partial charge is 0.312 e. The molecule has 0 saturated carbocycles. The van der Waals surface area contributed by atoms with Gasteiger partial charge in [-0.25, -0.2) is 0 Å². The highest BCUT2D eigenvalue weighted by molar-refractivity contribution is 7.53. The van der Waals surface area contributed by atoms with Crippen LogP contribution >= 0.6 is 7.60 Å². The van der Waals surface area contributed by atoms with Crippen LogP contribution in [0.15, 0.2) is 0 Å². The summed E-state index contributed by atoms with van der Waals surface area (Å²) < 4.78 is 132. The molecule has 0 aromatic carbocycles. The lowest BCUT2D eigenvalue weighted by Crippen LogP contribution is -2.61. The summed E-state index contributed by atoms with van der Waals surface area (Å²) in [5.74, 6) is -19.5. The molecule has 3 nitrogen and oxygen atoms in total. The molecule has 0 fully saturated rings. The van der Waals surface area contributed by atoms with Crippen molar-refractivity contribution in [3.63, 3.8) is 0 Å². The Hall–Kier alpha value is -0.480. The van der Waals surface area contributed by atoms with E-state index in [0.29, 0.717) is 14.2 Å². The molecule has 0 unspecified atom stereocenters. The van der Waals surface area contributed by atoms with Gasteiger partial charge in [-0.3, -0.25) is 4.57 Å². The molecule has 0 radical (unpaired) electrons. The maximum absolute atomic E-state index is 13.1. The lowest BCUT2D eigenvalue weighted by atomic mass is 10.0. The van der Waals surface area contributed by atoms with Crippen LogP contribution in [0.2, 0.25) is 0 Å². The van der Waals surface area contributed by atoms with Gasteiger partial charge in [-0.2, -0.15) is 39.5 Å². The number of hydrogen-bond donors (Lipinski definition) is 0. The average Bonchev–Trinajstić information content (AvgIpc) is 2.34. The fraction of sp³-hybridized carbons (Fsp3) is 1.00. The largest absolute Gasteiger partial charge is 0.460 e. The molecule has 0 heterocycles. The highest BCUT2D eigenvalue weighted by Gasteiger charge is 2.81. The zero-order valence-corrected chi connectivity index (χ0v) is 11.4. The molecule has 0 saturated heterocycles. The van der Waals surface area contributed by atoms with Crippen LogP contribution in [-0.2, 0) is 13.6 Å². The van der Waals surface area contributed by atoms with E-state index in [1.54, 1.807) is 0 Å². The summed E-state index contributed by atoms with van der Waals surface area (Å²) in [6.45, 7) is 0. The number of hydrogen-bond acceptors (Lipinski definition) is 3. The zero-order valence-electron chi connectivity index (χ0n) is 10.5. The number of rotatable bonds is 7. The third-order valence-electron chi connectivity index (χ3n) is 2.47. The Morgan fingerprint density at radius 1 is 0.810 bits per heavy atom. The molecule has 0 bridgehead atoms. The van der Waals surface area contributed by atoms with Gasteiger partial charge < -0.3 is 9.05 Å². The summed E-state index contributed by atoms with van der Waals surface area (Å²) in [4.78, 5) is 0. The van der Waals surface area contributed by atoms with Gasteiger partial charge in [0.2, 0.25) is 0 Å². The normalized spacial score (nSPS) is 15.4. The average molecular weight is 356 g/mol. The van der Waals surface area contributed by atoms with E-state index in [1.165, 1.54) is 0 Å². The first-order valence-corrected chi connectivity index (χ1v) is 6.71. The minimum Gasteiger partial charge on any atom is -0.312 e. The quantitative estimate of drug-likeness (QED) is 0.503. The van der Waals surface area contributed by atoms with Crippen LogP contribution in [-0.4, -0.2) is 44.3 Å². The molecule has 13 heteroatoms. The van der Waals surface area contributed by atoms with E-state index in [0.717, 1.165) is 0 Å². The minimum atomic E-state index is -6.96. The molecule has 0 aromatic rings. The van der Waals surface area contributed by atoms with Crippen molar-refractivity contribution in [2.24, 2.45) is 0 Å². The summed E-state index contributed by atoms with van der Waals surface area (Å²) in [5, 5.41) is 0. The third kappa shape index (κ3) is 3.84. The van der Waals surface area contributed by atoms with Crippen LogP contribution in [0, 0.1) is 0 Å². The Kier molecular flexibility index (Phi) is 5.82. The Bertz CT molecular complexity index is 398. The van der Waals surface area contributed by atoms with E-state index in [9.17, 15) is 44.1 Å². The van der Waals surface area contributed by atoms with Gasteiger partial charge in [0.15, 0.2) is 0 Å². The zero-order chi connectivity index (χ0) is 17.3. The van der Waals surface area contributed by atoms with Crippen LogP contribution < -0.4 is 0 Å². The second-order valence-electron chi connectivity index (χ2n) is 3.80. The maximum atomic E-state index is 13.1. The van der Waals surface area contributed by atoms with Gasteiger partial charge in [-0.1, -0.05) is 0 Å². The van der Waals surface area contributed by atoms with Gasteiger partial charge in [0, 0.05) is 20.6 Å². The van der Waals surface area contributed by atoms with Gasteiger partial charge in [0.05, 0.1) is 6.16 Å². The molecule has 0 amide bonds. The fourth-order valence-electron chi connectivity index (χ4n) is 1.10. The second-order valence-corrected chi connectivity index (χ2v) is 6.20. The van der Waals surface area contributed by atoms with Gasteiger partial charge >= 0.3 is 31.5 Å². The Morgan fingerprint density at radius 2 is 1.19 bits per heavy atom. The summed E-state index contributed by atoms with van der Waals surface area (Å²) in [7, 11) is -2.88. The molecule has 0 aromatic heterocycles. The molecule has 0 aliphatic heterocycles. The molecular weight excluding hydrogens is 346 g/mol. The predicted octanol–water partition coefficient (Wildman–Crippen LogP) is 4.33. The first kappa shape index (κ1) is 20.5. The number of halogens is 9. The van der Waals surface area contributed by atoms with E-state index < -0.39 is 44.1 Å². The molecule has 21 heavy (non-hydrogen) atoms. The second kappa shape index (κ2) is 5.96. The van der Waals surface area contributed by atoms with Crippen LogP contribution in [0.3, 0.4) is 0 Å². The molecular formula is C8H10F9O3P. The molecule has 128 valence electrons. The molecule has 0 aliphatic rings. The third-order valence-corrected chi connectivity index (χ3v) is 4.35. The van der Waals surface area contributed by atoms with Crippen molar-refractivity contribution in [3.8, 4) is 0 Å². The van der Waals surface area contributed by atoms with Crippen LogP contribution in [0.4, 0.5) is 39.5 Å². The fourth-order valence-corrected chi connectivity index (χ4v) is 2.17. The Morgan fingerprint density at radius 3 is 1.48 bits per heavy atom. The van der Waals surface area contributed by atoms with Gasteiger partial charge in [0.25, 0.3) is 0 Å². The van der Waals surface area contributed by atoms with Crippen LogP contribution in [0.1, 0.15) is 6.42 Å². The predicted molar refractivity (Wildman–Crippen MR) is 52.0 cm³/mol. The summed E-state index contributed by atoms with van der Waals surface area (Å²) in [6, 6.07) is 0. The van der Waals surface area contributed by atoms with E-state index >= 15 is 0 Å². The van der Waals surface area contributed by atoms with Crippen molar-refractivity contribution in [1.82, 2.24) is 0 Å². The SMILES string of the molecule is COP(=O)(CCC(F)(F)C(F)(F)C(F)(F)C(F)(F)F)OC. The Labute approximate surface area is 112 Å². The first-order valence-electron chi connectivity index (χ1n) is 4.98. The molecule has 0 atom stereocenters. The first-order chi connectivity index (χ1) is 9.08. The van der Waals surface area contributed by atoms with E-state index in [1.807, 2.05) is 0 Å². The maximum Gasteiger partial charge on any atom is 0.460 e. The highest BCUT2D eigenvalue weighted by atomic mass is 31.2. The topological polar surface area (TPSA) is 35.5 Å².